The van der Waals surface area contributed by atoms with Crippen LogP contribution in [0.25, 0.3) is 11.3 Å². The largest absolute Gasteiger partial charge is 0.453 e. The molecule has 0 bridgehead atoms. The molecule has 1 amide bonds. The van der Waals surface area contributed by atoms with Crippen LogP contribution in [0, 0.1) is 6.92 Å². The second-order valence-electron chi connectivity index (χ2n) is 5.87. The van der Waals surface area contributed by atoms with Crippen molar-refractivity contribution in [3.63, 3.8) is 0 Å². The fourth-order valence-electron chi connectivity index (χ4n) is 2.33. The number of rotatable bonds is 6. The van der Waals surface area contributed by atoms with Crippen molar-refractivity contribution in [2.24, 2.45) is 0 Å². The highest BCUT2D eigenvalue weighted by Crippen LogP contribution is 2.25. The summed E-state index contributed by atoms with van der Waals surface area (Å²) < 4.78 is 4.87. The van der Waals surface area contributed by atoms with Gasteiger partial charge in [0, 0.05) is 10.9 Å². The summed E-state index contributed by atoms with van der Waals surface area (Å²) in [6.45, 7) is 1.51. The molecule has 0 aliphatic carbocycles. The molecule has 0 saturated heterocycles. The average Bonchev–Trinajstić information content (AvgIpc) is 3.15. The Bertz CT molecular complexity index is 923. The van der Waals surface area contributed by atoms with Crippen LogP contribution < -0.4 is 5.32 Å². The van der Waals surface area contributed by atoms with Crippen molar-refractivity contribution in [1.29, 1.82) is 0 Å². The van der Waals surface area contributed by atoms with E-state index >= 15 is 0 Å². The van der Waals surface area contributed by atoms with Crippen LogP contribution in [-0.2, 0) is 14.3 Å². The quantitative estimate of drug-likeness (QED) is 0.639. The highest BCUT2D eigenvalue weighted by Gasteiger charge is 2.20. The number of nitrogens with zero attached hydrogens (tertiary/aromatic N) is 1. The molecule has 6 nitrogen and oxygen atoms in total. The molecule has 1 aromatic heterocycles. The van der Waals surface area contributed by atoms with Crippen LogP contribution in [0.3, 0.4) is 0 Å². The maximum atomic E-state index is 12.0. The van der Waals surface area contributed by atoms with Crippen molar-refractivity contribution in [3.05, 3.63) is 71.1 Å². The molecule has 2 N–H and O–H groups in total. The standard InChI is InChI=1S/C20H18N2O4S/c1-13-7-9-14(10-8-13)16-12-27-20(21-16)22-17(23)11-26-19(25)18(24)15-5-3-2-4-6-15/h2-10,12,18,24H,11H2,1H3,(H,21,22,23). The van der Waals surface area contributed by atoms with E-state index in [1.807, 2.05) is 36.6 Å². The number of aryl methyl sites for hydroxylation is 1. The number of aliphatic hydroxyl groups is 1. The Morgan fingerprint density at radius 3 is 2.56 bits per heavy atom. The lowest BCUT2D eigenvalue weighted by Crippen LogP contribution is -2.23. The van der Waals surface area contributed by atoms with Gasteiger partial charge >= 0.3 is 5.97 Å². The van der Waals surface area contributed by atoms with E-state index in [0.29, 0.717) is 10.7 Å². The maximum absolute atomic E-state index is 12.0. The number of aliphatic hydroxyl groups excluding tert-OH is 1. The first-order valence-corrected chi connectivity index (χ1v) is 9.13. The van der Waals surface area contributed by atoms with Gasteiger partial charge in [-0.05, 0) is 12.5 Å². The number of carbonyl (C=O) groups excluding carboxylic acids is 2. The summed E-state index contributed by atoms with van der Waals surface area (Å²) in [4.78, 5) is 28.2. The third-order valence-electron chi connectivity index (χ3n) is 3.78. The predicted octanol–water partition coefficient (Wildman–Crippen LogP) is 3.33. The second kappa shape index (κ2) is 8.57. The Kier molecular flexibility index (Phi) is 5.95. The van der Waals surface area contributed by atoms with E-state index in [4.69, 9.17) is 4.74 Å². The lowest BCUT2D eigenvalue weighted by atomic mass is 10.1. The Labute approximate surface area is 160 Å². The number of esters is 1. The summed E-state index contributed by atoms with van der Waals surface area (Å²) in [6.07, 6.45) is -1.42. The molecule has 3 aromatic rings. The zero-order valence-corrected chi connectivity index (χ0v) is 15.4. The number of aromatic nitrogens is 1. The first-order valence-electron chi connectivity index (χ1n) is 8.25. The minimum absolute atomic E-state index is 0.408. The summed E-state index contributed by atoms with van der Waals surface area (Å²) in [7, 11) is 0. The minimum Gasteiger partial charge on any atom is -0.453 e. The number of hydrogen-bond acceptors (Lipinski definition) is 6. The number of benzene rings is 2. The zero-order valence-electron chi connectivity index (χ0n) is 14.6. The van der Waals surface area contributed by atoms with Gasteiger partial charge in [-0.3, -0.25) is 10.1 Å². The Balaban J connectivity index is 1.52. The van der Waals surface area contributed by atoms with E-state index in [-0.39, 0.29) is 0 Å². The summed E-state index contributed by atoms with van der Waals surface area (Å²) >= 11 is 1.28. The van der Waals surface area contributed by atoms with Crippen LogP contribution in [0.5, 0.6) is 0 Å². The van der Waals surface area contributed by atoms with Crippen molar-refractivity contribution >= 4 is 28.3 Å². The molecule has 138 valence electrons. The lowest BCUT2D eigenvalue weighted by molar-refractivity contribution is -0.156. The molecule has 1 unspecified atom stereocenters. The highest BCUT2D eigenvalue weighted by atomic mass is 32.1. The molecular formula is C20H18N2O4S. The number of hydrogen-bond donors (Lipinski definition) is 2. The van der Waals surface area contributed by atoms with Crippen LogP contribution >= 0.6 is 11.3 Å². The number of amides is 1. The molecule has 0 saturated carbocycles. The van der Waals surface area contributed by atoms with E-state index < -0.39 is 24.6 Å². The molecule has 1 heterocycles. The maximum Gasteiger partial charge on any atom is 0.340 e. The normalized spacial score (nSPS) is 11.6. The van der Waals surface area contributed by atoms with E-state index in [9.17, 15) is 14.7 Å². The van der Waals surface area contributed by atoms with Crippen LogP contribution in [0.4, 0.5) is 5.13 Å². The van der Waals surface area contributed by atoms with Crippen molar-refractivity contribution in [2.75, 3.05) is 11.9 Å². The monoisotopic (exact) mass is 382 g/mol. The first-order chi connectivity index (χ1) is 13.0. The topological polar surface area (TPSA) is 88.5 Å². The van der Waals surface area contributed by atoms with Crippen LogP contribution in [0.2, 0.25) is 0 Å². The zero-order chi connectivity index (χ0) is 19.2. The molecule has 7 heteroatoms. The summed E-state index contributed by atoms with van der Waals surface area (Å²) in [5.74, 6) is -1.40. The van der Waals surface area contributed by atoms with E-state index in [1.165, 1.54) is 11.3 Å². The van der Waals surface area contributed by atoms with Gasteiger partial charge in [0.1, 0.15) is 0 Å². The van der Waals surface area contributed by atoms with Gasteiger partial charge in [-0.15, -0.1) is 11.3 Å². The Morgan fingerprint density at radius 1 is 1.15 bits per heavy atom. The summed E-state index contributed by atoms with van der Waals surface area (Å²) in [5.41, 5.74) is 3.27. The van der Waals surface area contributed by atoms with E-state index in [0.717, 1.165) is 16.8 Å². The smallest absolute Gasteiger partial charge is 0.340 e. The van der Waals surface area contributed by atoms with Crippen molar-refractivity contribution in [3.8, 4) is 11.3 Å². The molecular weight excluding hydrogens is 364 g/mol. The Hall–Kier alpha value is -3.03. The molecule has 3 rings (SSSR count). The molecule has 0 radical (unpaired) electrons. The number of carbonyl (C=O) groups is 2. The SMILES string of the molecule is Cc1ccc(-c2csc(NC(=O)COC(=O)C(O)c3ccccc3)n2)cc1. The molecule has 0 spiro atoms. The van der Waals surface area contributed by atoms with Gasteiger partial charge in [-0.2, -0.15) is 0 Å². The van der Waals surface area contributed by atoms with Crippen LogP contribution in [-0.4, -0.2) is 28.6 Å². The lowest BCUT2D eigenvalue weighted by Gasteiger charge is -2.10. The molecule has 0 fully saturated rings. The van der Waals surface area contributed by atoms with Gasteiger partial charge in [0.2, 0.25) is 0 Å². The third-order valence-corrected chi connectivity index (χ3v) is 4.54. The number of anilines is 1. The van der Waals surface area contributed by atoms with Gasteiger partial charge in [0.25, 0.3) is 5.91 Å². The fourth-order valence-corrected chi connectivity index (χ4v) is 3.07. The van der Waals surface area contributed by atoms with Gasteiger partial charge in [0.15, 0.2) is 17.8 Å². The molecule has 27 heavy (non-hydrogen) atoms. The van der Waals surface area contributed by atoms with Crippen molar-refractivity contribution in [1.82, 2.24) is 4.98 Å². The molecule has 1 atom stereocenters. The number of thiazole rings is 1. The molecule has 2 aromatic carbocycles. The minimum atomic E-state index is -1.42. The van der Waals surface area contributed by atoms with Gasteiger partial charge < -0.3 is 9.84 Å². The summed E-state index contributed by atoms with van der Waals surface area (Å²) in [5, 5.41) is 14.8. The van der Waals surface area contributed by atoms with Crippen LogP contribution in [0.15, 0.2) is 60.0 Å². The van der Waals surface area contributed by atoms with Crippen molar-refractivity contribution in [2.45, 2.75) is 13.0 Å². The first kappa shape index (κ1) is 18.8. The van der Waals surface area contributed by atoms with Crippen molar-refractivity contribution < 1.29 is 19.4 Å². The summed E-state index contributed by atoms with van der Waals surface area (Å²) in [6, 6.07) is 16.3. The predicted molar refractivity (Wildman–Crippen MR) is 103 cm³/mol. The van der Waals surface area contributed by atoms with Crippen LogP contribution in [0.1, 0.15) is 17.2 Å². The third kappa shape index (κ3) is 4.99. The second-order valence-corrected chi connectivity index (χ2v) is 6.73. The highest BCUT2D eigenvalue weighted by molar-refractivity contribution is 7.14. The molecule has 0 aliphatic heterocycles. The Morgan fingerprint density at radius 2 is 1.85 bits per heavy atom. The number of nitrogens with one attached hydrogen (secondary N) is 1. The molecule has 0 aliphatic rings. The number of ether oxygens (including phenoxy) is 1. The fraction of sp³-hybridized carbons (Fsp3) is 0.150. The van der Waals surface area contributed by atoms with Gasteiger partial charge in [-0.25, -0.2) is 9.78 Å². The van der Waals surface area contributed by atoms with E-state index in [1.54, 1.807) is 30.3 Å². The average molecular weight is 382 g/mol. The van der Waals surface area contributed by atoms with Gasteiger partial charge in [0.05, 0.1) is 5.69 Å². The van der Waals surface area contributed by atoms with E-state index in [2.05, 4.69) is 10.3 Å². The van der Waals surface area contributed by atoms with Gasteiger partial charge in [-0.1, -0.05) is 60.2 Å².